The third kappa shape index (κ3) is 2.72. The van der Waals surface area contributed by atoms with Gasteiger partial charge in [-0.1, -0.05) is 35.1 Å². The topological polar surface area (TPSA) is 65.2 Å². The number of fused-ring (bicyclic) bond motifs is 1. The molecule has 102 valence electrons. The van der Waals surface area contributed by atoms with E-state index < -0.39 is 0 Å². The van der Waals surface area contributed by atoms with Gasteiger partial charge in [-0.05, 0) is 26.0 Å². The van der Waals surface area contributed by atoms with Gasteiger partial charge in [0.25, 0.3) is 5.78 Å². The van der Waals surface area contributed by atoms with Gasteiger partial charge in [0.1, 0.15) is 5.03 Å². The summed E-state index contributed by atoms with van der Waals surface area (Å²) in [6, 6.07) is 10.3. The lowest BCUT2D eigenvalue weighted by Gasteiger charge is -2.06. The Balaban J connectivity index is 1.94. The minimum atomic E-state index is 0.00278. The molecule has 0 amide bonds. The van der Waals surface area contributed by atoms with Gasteiger partial charge in [0.2, 0.25) is 0 Å². The van der Waals surface area contributed by atoms with E-state index in [2.05, 4.69) is 20.3 Å². The van der Waals surface area contributed by atoms with Crippen LogP contribution in [0.25, 0.3) is 5.78 Å². The quantitative estimate of drug-likeness (QED) is 0.734. The number of nitrogens with zero attached hydrogens (tertiary/aromatic N) is 5. The lowest BCUT2D eigenvalue weighted by molar-refractivity contribution is 0.214. The SMILES string of the molecule is CC(C)Oc1nnc2ncc(Sc3ccccc3)n2n1. The van der Waals surface area contributed by atoms with Gasteiger partial charge >= 0.3 is 6.01 Å². The highest BCUT2D eigenvalue weighted by atomic mass is 32.2. The summed E-state index contributed by atoms with van der Waals surface area (Å²) in [6.07, 6.45) is 1.73. The summed E-state index contributed by atoms with van der Waals surface area (Å²) in [4.78, 5) is 5.30. The first kappa shape index (κ1) is 12.9. The van der Waals surface area contributed by atoms with Gasteiger partial charge < -0.3 is 4.74 Å². The Morgan fingerprint density at radius 1 is 1.15 bits per heavy atom. The summed E-state index contributed by atoms with van der Waals surface area (Å²) in [5.74, 6) is 0.458. The zero-order chi connectivity index (χ0) is 13.9. The highest BCUT2D eigenvalue weighted by Gasteiger charge is 2.10. The molecule has 0 atom stereocenters. The van der Waals surface area contributed by atoms with Crippen LogP contribution in [-0.2, 0) is 0 Å². The van der Waals surface area contributed by atoms with Gasteiger partial charge in [-0.15, -0.1) is 10.2 Å². The van der Waals surface area contributed by atoms with E-state index in [1.807, 2.05) is 44.2 Å². The molecule has 2 heterocycles. The van der Waals surface area contributed by atoms with Crippen molar-refractivity contribution in [2.24, 2.45) is 0 Å². The highest BCUT2D eigenvalue weighted by Crippen LogP contribution is 2.27. The van der Waals surface area contributed by atoms with E-state index in [0.717, 1.165) is 9.92 Å². The number of rotatable bonds is 4. The van der Waals surface area contributed by atoms with Crippen LogP contribution >= 0.6 is 11.8 Å². The second kappa shape index (κ2) is 5.46. The van der Waals surface area contributed by atoms with E-state index in [9.17, 15) is 0 Å². The number of aromatic nitrogens is 5. The number of ether oxygens (including phenoxy) is 1. The molecule has 1 aromatic carbocycles. The summed E-state index contributed by atoms with van der Waals surface area (Å²) in [7, 11) is 0. The second-order valence-corrected chi connectivity index (χ2v) is 5.47. The minimum absolute atomic E-state index is 0.00278. The molecule has 0 fully saturated rings. The van der Waals surface area contributed by atoms with Crippen LogP contribution < -0.4 is 4.74 Å². The summed E-state index contributed by atoms with van der Waals surface area (Å²) in [5, 5.41) is 13.1. The number of hydrogen-bond donors (Lipinski definition) is 0. The van der Waals surface area contributed by atoms with E-state index in [4.69, 9.17) is 4.74 Å². The zero-order valence-electron chi connectivity index (χ0n) is 11.1. The summed E-state index contributed by atoms with van der Waals surface area (Å²) in [6.45, 7) is 3.84. The molecule has 0 bridgehead atoms. The van der Waals surface area contributed by atoms with Crippen molar-refractivity contribution in [3.8, 4) is 6.01 Å². The maximum atomic E-state index is 5.45. The van der Waals surface area contributed by atoms with E-state index in [1.54, 1.807) is 22.5 Å². The molecule has 2 aromatic heterocycles. The Morgan fingerprint density at radius 3 is 2.70 bits per heavy atom. The molecule has 3 aromatic rings. The van der Waals surface area contributed by atoms with Crippen LogP contribution in [0, 0.1) is 0 Å². The molecule has 0 aliphatic rings. The van der Waals surface area contributed by atoms with E-state index >= 15 is 0 Å². The van der Waals surface area contributed by atoms with E-state index in [-0.39, 0.29) is 12.1 Å². The number of benzene rings is 1. The minimum Gasteiger partial charge on any atom is -0.459 e. The lowest BCUT2D eigenvalue weighted by Crippen LogP contribution is -2.11. The fourth-order valence-corrected chi connectivity index (χ4v) is 2.46. The first-order valence-electron chi connectivity index (χ1n) is 6.20. The first-order chi connectivity index (χ1) is 9.72. The molecule has 0 aliphatic heterocycles. The zero-order valence-corrected chi connectivity index (χ0v) is 11.9. The van der Waals surface area contributed by atoms with Gasteiger partial charge in [-0.25, -0.2) is 4.98 Å². The molecule has 3 rings (SSSR count). The molecule has 20 heavy (non-hydrogen) atoms. The van der Waals surface area contributed by atoms with Gasteiger partial charge in [0.15, 0.2) is 0 Å². The molecule has 6 nitrogen and oxygen atoms in total. The molecule has 0 aliphatic carbocycles. The van der Waals surface area contributed by atoms with Crippen molar-refractivity contribution >= 4 is 17.5 Å². The van der Waals surface area contributed by atoms with Gasteiger partial charge in [-0.2, -0.15) is 4.52 Å². The monoisotopic (exact) mass is 287 g/mol. The molecule has 0 radical (unpaired) electrons. The van der Waals surface area contributed by atoms with Crippen molar-refractivity contribution in [3.05, 3.63) is 36.5 Å². The molecule has 0 saturated carbocycles. The van der Waals surface area contributed by atoms with E-state index in [0.29, 0.717) is 5.78 Å². The molecular formula is C13H13N5OS. The smallest absolute Gasteiger partial charge is 0.353 e. The first-order valence-corrected chi connectivity index (χ1v) is 7.02. The summed E-state index contributed by atoms with van der Waals surface area (Å²) >= 11 is 1.57. The Bertz CT molecular complexity index is 713. The third-order valence-corrected chi connectivity index (χ3v) is 3.40. The van der Waals surface area contributed by atoms with Crippen molar-refractivity contribution in [3.63, 3.8) is 0 Å². The fourth-order valence-electron chi connectivity index (χ4n) is 1.61. The van der Waals surface area contributed by atoms with Crippen molar-refractivity contribution in [2.75, 3.05) is 0 Å². The predicted octanol–water partition coefficient (Wildman–Crippen LogP) is 2.46. The van der Waals surface area contributed by atoms with Crippen LogP contribution in [-0.4, -0.2) is 30.9 Å². The standard InChI is InChI=1S/C13H13N5OS/c1-9(2)19-13-16-15-12-14-8-11(18(12)17-13)20-10-6-4-3-5-7-10/h3-9H,1-2H3. The van der Waals surface area contributed by atoms with Crippen LogP contribution in [0.2, 0.25) is 0 Å². The van der Waals surface area contributed by atoms with Crippen molar-refractivity contribution < 1.29 is 4.74 Å². The van der Waals surface area contributed by atoms with Crippen molar-refractivity contribution in [1.29, 1.82) is 0 Å². The van der Waals surface area contributed by atoms with Crippen molar-refractivity contribution in [2.45, 2.75) is 29.9 Å². The molecule has 0 spiro atoms. The van der Waals surface area contributed by atoms with Gasteiger partial charge in [0, 0.05) is 4.90 Å². The maximum Gasteiger partial charge on any atom is 0.353 e. The normalized spacial score (nSPS) is 11.2. The summed E-state index contributed by atoms with van der Waals surface area (Å²) in [5.41, 5.74) is 0. The van der Waals surface area contributed by atoms with Crippen LogP contribution in [0.5, 0.6) is 6.01 Å². The van der Waals surface area contributed by atoms with Gasteiger partial charge in [0.05, 0.1) is 12.3 Å². The Morgan fingerprint density at radius 2 is 1.95 bits per heavy atom. The number of imidazole rings is 1. The molecular weight excluding hydrogens is 274 g/mol. The summed E-state index contributed by atoms with van der Waals surface area (Å²) < 4.78 is 7.10. The second-order valence-electron chi connectivity index (χ2n) is 4.37. The average molecular weight is 287 g/mol. The Labute approximate surface area is 120 Å². The molecule has 0 saturated heterocycles. The molecule has 0 unspecified atom stereocenters. The Hall–Kier alpha value is -2.15. The molecule has 0 N–H and O–H groups in total. The molecule has 7 heteroatoms. The highest BCUT2D eigenvalue weighted by molar-refractivity contribution is 7.99. The number of hydrogen-bond acceptors (Lipinski definition) is 6. The van der Waals surface area contributed by atoms with Crippen LogP contribution in [0.4, 0.5) is 0 Å². The fraction of sp³-hybridized carbons (Fsp3) is 0.231. The Kier molecular flexibility index (Phi) is 3.51. The largest absolute Gasteiger partial charge is 0.459 e. The maximum absolute atomic E-state index is 5.45. The van der Waals surface area contributed by atoms with E-state index in [1.165, 1.54) is 0 Å². The average Bonchev–Trinajstić information content (AvgIpc) is 2.82. The third-order valence-electron chi connectivity index (χ3n) is 2.41. The van der Waals surface area contributed by atoms with Crippen molar-refractivity contribution in [1.82, 2.24) is 24.8 Å². The lowest BCUT2D eigenvalue weighted by atomic mass is 10.4. The van der Waals surface area contributed by atoms with Crippen LogP contribution in [0.1, 0.15) is 13.8 Å². The van der Waals surface area contributed by atoms with Gasteiger partial charge in [-0.3, -0.25) is 0 Å². The predicted molar refractivity (Wildman–Crippen MR) is 74.9 cm³/mol. The van der Waals surface area contributed by atoms with Crippen LogP contribution in [0.15, 0.2) is 46.5 Å². The van der Waals surface area contributed by atoms with Crippen LogP contribution in [0.3, 0.4) is 0 Å².